The zero-order chi connectivity index (χ0) is 9.68. The van der Waals surface area contributed by atoms with E-state index in [4.69, 9.17) is 4.74 Å². The summed E-state index contributed by atoms with van der Waals surface area (Å²) >= 11 is 0. The number of hydrogen-bond acceptors (Lipinski definition) is 3. The maximum atomic E-state index is 5.41. The molecule has 78 valence electrons. The third kappa shape index (κ3) is 3.63. The minimum Gasteiger partial charge on any atom is -0.378 e. The van der Waals surface area contributed by atoms with Crippen molar-refractivity contribution in [3.8, 4) is 0 Å². The van der Waals surface area contributed by atoms with Crippen LogP contribution in [-0.4, -0.2) is 50.3 Å². The van der Waals surface area contributed by atoms with E-state index in [1.54, 1.807) is 0 Å². The van der Waals surface area contributed by atoms with Gasteiger partial charge in [-0.25, -0.2) is 0 Å². The Hall–Kier alpha value is -0.120. The van der Waals surface area contributed by atoms with Crippen molar-refractivity contribution in [2.75, 3.05) is 33.4 Å². The van der Waals surface area contributed by atoms with Crippen molar-refractivity contribution in [3.05, 3.63) is 0 Å². The SMILES string of the molecule is CCC(C)N(C)CC1COCCN1. The van der Waals surface area contributed by atoms with Gasteiger partial charge in [-0.3, -0.25) is 0 Å². The molecule has 0 aliphatic carbocycles. The van der Waals surface area contributed by atoms with Crippen LogP contribution in [0.5, 0.6) is 0 Å². The fraction of sp³-hybridized carbons (Fsp3) is 1.00. The maximum Gasteiger partial charge on any atom is 0.0632 e. The quantitative estimate of drug-likeness (QED) is 0.699. The number of nitrogens with one attached hydrogen (secondary N) is 1. The van der Waals surface area contributed by atoms with Crippen LogP contribution < -0.4 is 5.32 Å². The molecule has 1 heterocycles. The molecule has 0 amide bonds. The number of rotatable bonds is 4. The molecule has 0 spiro atoms. The van der Waals surface area contributed by atoms with Gasteiger partial charge in [0.25, 0.3) is 0 Å². The summed E-state index contributed by atoms with van der Waals surface area (Å²) in [5.41, 5.74) is 0. The molecule has 0 aromatic heterocycles. The summed E-state index contributed by atoms with van der Waals surface area (Å²) in [6.07, 6.45) is 1.21. The van der Waals surface area contributed by atoms with Gasteiger partial charge in [0.2, 0.25) is 0 Å². The topological polar surface area (TPSA) is 24.5 Å². The Labute approximate surface area is 81.4 Å². The fourth-order valence-corrected chi connectivity index (χ4v) is 1.58. The molecule has 0 radical (unpaired) electrons. The first-order valence-corrected chi connectivity index (χ1v) is 5.25. The van der Waals surface area contributed by atoms with Gasteiger partial charge in [-0.05, 0) is 20.4 Å². The molecule has 2 unspecified atom stereocenters. The van der Waals surface area contributed by atoms with Gasteiger partial charge in [-0.2, -0.15) is 0 Å². The summed E-state index contributed by atoms with van der Waals surface area (Å²) in [7, 11) is 2.18. The smallest absolute Gasteiger partial charge is 0.0632 e. The van der Waals surface area contributed by atoms with Crippen molar-refractivity contribution in [1.29, 1.82) is 0 Å². The second-order valence-corrected chi connectivity index (χ2v) is 3.92. The number of hydrogen-bond donors (Lipinski definition) is 1. The van der Waals surface area contributed by atoms with Crippen LogP contribution in [0.3, 0.4) is 0 Å². The Morgan fingerprint density at radius 2 is 2.38 bits per heavy atom. The Kier molecular flexibility index (Phi) is 4.70. The van der Waals surface area contributed by atoms with Crippen LogP contribution in [0.2, 0.25) is 0 Å². The molecule has 3 nitrogen and oxygen atoms in total. The minimum atomic E-state index is 0.521. The average molecular weight is 186 g/mol. The van der Waals surface area contributed by atoms with Crippen molar-refractivity contribution >= 4 is 0 Å². The summed E-state index contributed by atoms with van der Waals surface area (Å²) in [6.45, 7) is 8.31. The van der Waals surface area contributed by atoms with E-state index in [9.17, 15) is 0 Å². The van der Waals surface area contributed by atoms with E-state index in [-0.39, 0.29) is 0 Å². The molecule has 3 heteroatoms. The number of morpholine rings is 1. The van der Waals surface area contributed by atoms with Crippen LogP contribution >= 0.6 is 0 Å². The van der Waals surface area contributed by atoms with Gasteiger partial charge in [-0.15, -0.1) is 0 Å². The van der Waals surface area contributed by atoms with E-state index >= 15 is 0 Å². The molecule has 1 N–H and O–H groups in total. The van der Waals surface area contributed by atoms with Gasteiger partial charge in [0.05, 0.1) is 13.2 Å². The van der Waals surface area contributed by atoms with E-state index in [0.717, 1.165) is 26.3 Å². The molecule has 13 heavy (non-hydrogen) atoms. The van der Waals surface area contributed by atoms with E-state index in [1.807, 2.05) is 0 Å². The third-order valence-corrected chi connectivity index (χ3v) is 2.85. The molecule has 2 atom stereocenters. The minimum absolute atomic E-state index is 0.521. The summed E-state index contributed by atoms with van der Waals surface area (Å²) in [5.74, 6) is 0. The molecular weight excluding hydrogens is 164 g/mol. The Balaban J connectivity index is 2.21. The second kappa shape index (κ2) is 5.58. The maximum absolute atomic E-state index is 5.41. The summed E-state index contributed by atoms with van der Waals surface area (Å²) in [4.78, 5) is 2.40. The van der Waals surface area contributed by atoms with E-state index in [1.165, 1.54) is 6.42 Å². The van der Waals surface area contributed by atoms with Crippen LogP contribution in [0.4, 0.5) is 0 Å². The lowest BCUT2D eigenvalue weighted by Crippen LogP contribution is -2.49. The normalized spacial score (nSPS) is 26.3. The van der Waals surface area contributed by atoms with Crippen LogP contribution in [0.1, 0.15) is 20.3 Å². The lowest BCUT2D eigenvalue weighted by molar-refractivity contribution is 0.0604. The molecule has 1 aliphatic rings. The zero-order valence-electron chi connectivity index (χ0n) is 9.05. The standard InChI is InChI=1S/C10H22N2O/c1-4-9(2)12(3)7-10-8-13-6-5-11-10/h9-11H,4-8H2,1-3H3. The largest absolute Gasteiger partial charge is 0.378 e. The molecule has 0 bridgehead atoms. The van der Waals surface area contributed by atoms with Gasteiger partial charge < -0.3 is 15.0 Å². The zero-order valence-corrected chi connectivity index (χ0v) is 9.05. The number of likely N-dealkylation sites (N-methyl/N-ethyl adjacent to an activating group) is 1. The fourth-order valence-electron chi connectivity index (χ4n) is 1.58. The highest BCUT2D eigenvalue weighted by molar-refractivity contribution is 4.75. The van der Waals surface area contributed by atoms with Crippen molar-refractivity contribution in [2.45, 2.75) is 32.4 Å². The second-order valence-electron chi connectivity index (χ2n) is 3.92. The van der Waals surface area contributed by atoms with Crippen LogP contribution in [0, 0.1) is 0 Å². The lowest BCUT2D eigenvalue weighted by Gasteiger charge is -2.31. The highest BCUT2D eigenvalue weighted by Gasteiger charge is 2.16. The monoisotopic (exact) mass is 186 g/mol. The Morgan fingerprint density at radius 3 is 2.92 bits per heavy atom. The van der Waals surface area contributed by atoms with Gasteiger partial charge in [0.1, 0.15) is 0 Å². The van der Waals surface area contributed by atoms with Gasteiger partial charge >= 0.3 is 0 Å². The number of nitrogens with zero attached hydrogens (tertiary/aromatic N) is 1. The van der Waals surface area contributed by atoms with Gasteiger partial charge in [0.15, 0.2) is 0 Å². The molecule has 0 saturated carbocycles. The third-order valence-electron chi connectivity index (χ3n) is 2.85. The van der Waals surface area contributed by atoms with Crippen molar-refractivity contribution in [2.24, 2.45) is 0 Å². The number of ether oxygens (including phenoxy) is 1. The van der Waals surface area contributed by atoms with Crippen LogP contribution in [0.15, 0.2) is 0 Å². The van der Waals surface area contributed by atoms with E-state index in [2.05, 4.69) is 31.1 Å². The summed E-state index contributed by atoms with van der Waals surface area (Å²) in [5, 5.41) is 3.46. The predicted molar refractivity (Wildman–Crippen MR) is 55.0 cm³/mol. The molecule has 1 saturated heterocycles. The summed E-state index contributed by atoms with van der Waals surface area (Å²) < 4.78 is 5.41. The molecular formula is C10H22N2O. The van der Waals surface area contributed by atoms with Gasteiger partial charge in [-0.1, -0.05) is 6.92 Å². The highest BCUT2D eigenvalue weighted by atomic mass is 16.5. The molecule has 1 rings (SSSR count). The average Bonchev–Trinajstić information content (AvgIpc) is 2.18. The molecule has 1 fully saturated rings. The van der Waals surface area contributed by atoms with Crippen molar-refractivity contribution in [3.63, 3.8) is 0 Å². The van der Waals surface area contributed by atoms with E-state index in [0.29, 0.717) is 12.1 Å². The first-order chi connectivity index (χ1) is 6.24. The Bertz CT molecular complexity index is 135. The Morgan fingerprint density at radius 1 is 1.62 bits per heavy atom. The molecule has 1 aliphatic heterocycles. The molecule has 0 aromatic rings. The lowest BCUT2D eigenvalue weighted by atomic mass is 10.2. The van der Waals surface area contributed by atoms with Crippen molar-refractivity contribution < 1.29 is 4.74 Å². The molecule has 0 aromatic carbocycles. The first-order valence-electron chi connectivity index (χ1n) is 5.25. The van der Waals surface area contributed by atoms with E-state index < -0.39 is 0 Å². The summed E-state index contributed by atoms with van der Waals surface area (Å²) in [6, 6.07) is 1.19. The van der Waals surface area contributed by atoms with Crippen molar-refractivity contribution in [1.82, 2.24) is 10.2 Å². The van der Waals surface area contributed by atoms with Gasteiger partial charge in [0, 0.05) is 25.2 Å². The van der Waals surface area contributed by atoms with Crippen LogP contribution in [0.25, 0.3) is 0 Å². The van der Waals surface area contributed by atoms with Crippen LogP contribution in [-0.2, 0) is 4.74 Å². The highest BCUT2D eigenvalue weighted by Crippen LogP contribution is 2.02. The predicted octanol–water partition coefficient (Wildman–Crippen LogP) is 0.705. The first kappa shape index (κ1) is 11.0.